The molecule has 4 aliphatic rings. The number of ketones is 2. The summed E-state index contributed by atoms with van der Waals surface area (Å²) >= 11 is 0. The van der Waals surface area contributed by atoms with Gasteiger partial charge in [-0.05, 0) is 108 Å². The van der Waals surface area contributed by atoms with E-state index < -0.39 is 114 Å². The fraction of sp³-hybridized carbons (Fsp3) is 0.705. The Labute approximate surface area is 489 Å². The Morgan fingerprint density at radius 3 is 2.29 bits per heavy atom. The fourth-order valence-corrected chi connectivity index (χ4v) is 11.4. The topological polar surface area (TPSA) is 318 Å². The largest absolute Gasteiger partial charge is 0.459 e. The van der Waals surface area contributed by atoms with Gasteiger partial charge in [0.1, 0.15) is 36.3 Å². The van der Waals surface area contributed by atoms with E-state index in [1.165, 1.54) is 7.11 Å². The summed E-state index contributed by atoms with van der Waals surface area (Å²) in [7, 11) is 3.06. The Morgan fingerprint density at radius 1 is 0.843 bits per heavy atom. The number of ether oxygens (including phenoxy) is 6. The van der Waals surface area contributed by atoms with Crippen LogP contribution in [0.3, 0.4) is 0 Å². The van der Waals surface area contributed by atoms with Crippen LogP contribution in [0, 0.1) is 36.5 Å². The van der Waals surface area contributed by atoms with Crippen LogP contribution in [0.5, 0.6) is 0 Å². The smallest absolute Gasteiger partial charge is 0.407 e. The zero-order chi connectivity index (χ0) is 61.0. The number of aromatic nitrogens is 2. The molecule has 2 bridgehead atoms. The van der Waals surface area contributed by atoms with Crippen molar-refractivity contribution in [3.05, 3.63) is 71.4 Å². The Hall–Kier alpha value is -5.30. The highest BCUT2D eigenvalue weighted by molar-refractivity contribution is 6.39. The van der Waals surface area contributed by atoms with Crippen molar-refractivity contribution in [3.8, 4) is 0 Å². The maximum absolute atomic E-state index is 14.6. The molecule has 464 valence electrons. The van der Waals surface area contributed by atoms with E-state index >= 15 is 0 Å². The van der Waals surface area contributed by atoms with Gasteiger partial charge in [-0.1, -0.05) is 64.2 Å². The summed E-state index contributed by atoms with van der Waals surface area (Å²) < 4.78 is 35.4. The maximum atomic E-state index is 14.6. The molecule has 1 saturated carbocycles. The molecule has 5 rings (SSSR count). The lowest BCUT2D eigenvalue weighted by atomic mass is 9.80. The number of Topliss-reactive ketones (excluding diaryl/α,β-unsaturated/α-hetero) is 2. The van der Waals surface area contributed by atoms with Crippen LogP contribution >= 0.6 is 0 Å². The van der Waals surface area contributed by atoms with Gasteiger partial charge in [0.25, 0.3) is 11.7 Å². The van der Waals surface area contributed by atoms with Crippen molar-refractivity contribution in [1.29, 1.82) is 0 Å². The minimum absolute atomic E-state index is 0.0217. The quantitative estimate of drug-likeness (QED) is 0.0581. The van der Waals surface area contributed by atoms with Crippen LogP contribution in [0.1, 0.15) is 136 Å². The second-order valence-electron chi connectivity index (χ2n) is 23.3. The van der Waals surface area contributed by atoms with Gasteiger partial charge >= 0.3 is 12.1 Å². The highest BCUT2D eigenvalue weighted by Crippen LogP contribution is 2.37. The third-order valence-corrected chi connectivity index (χ3v) is 16.7. The molecule has 3 amide bonds. The van der Waals surface area contributed by atoms with Gasteiger partial charge < -0.3 is 70.1 Å². The van der Waals surface area contributed by atoms with E-state index in [9.17, 15) is 49.2 Å². The SMILES string of the molecule is CO[C@H]1C[C@@H]2CC[C@@H](C)[C@@](O)(O2)C(=O)C(=O)N2CCCC[C@H]2C(=O)O[C@H]([C@H](N)C[C@@H]2CC[C@@H](OC(=O)NCCOCCC(=O)NCc3cnc(C)nc3)[C@H](OC)C2)C[C@@H](O)[C@H](C)/C=C(\C)[C@@H](O)[C@@H](O)C(=O)[C@H](C)C[C@H](C)/C=C/C=CC=C1C. The van der Waals surface area contributed by atoms with Crippen molar-refractivity contribution in [3.63, 3.8) is 0 Å². The number of amides is 3. The number of methoxy groups -OCH3 is 2. The number of cyclic esters (lactones) is 1. The van der Waals surface area contributed by atoms with Gasteiger partial charge in [-0.3, -0.25) is 19.2 Å². The molecule has 1 aromatic heterocycles. The number of aliphatic hydroxyl groups is 4. The number of piperidine rings is 1. The molecule has 0 spiro atoms. The number of carbonyl (C=O) groups excluding carboxylic acids is 6. The number of allylic oxidation sites excluding steroid dienone is 5. The number of esters is 1. The lowest BCUT2D eigenvalue weighted by molar-refractivity contribution is -0.265. The predicted octanol–water partition coefficient (Wildman–Crippen LogP) is 4.56. The molecule has 4 heterocycles. The Bertz CT molecular complexity index is 2420. The van der Waals surface area contributed by atoms with Crippen LogP contribution in [0.25, 0.3) is 0 Å². The van der Waals surface area contributed by atoms with Crippen LogP contribution in [0.15, 0.2) is 60.0 Å². The first-order chi connectivity index (χ1) is 39.4. The summed E-state index contributed by atoms with van der Waals surface area (Å²) in [6, 6.07) is -2.14. The number of nitrogens with zero attached hydrogens (tertiary/aromatic N) is 3. The molecule has 2 saturated heterocycles. The molecule has 1 aliphatic carbocycles. The highest BCUT2D eigenvalue weighted by Gasteiger charge is 2.53. The zero-order valence-electron chi connectivity index (χ0n) is 50.1. The van der Waals surface area contributed by atoms with Crippen molar-refractivity contribution in [2.45, 2.75) is 205 Å². The predicted molar refractivity (Wildman–Crippen MR) is 306 cm³/mol. The molecule has 3 fully saturated rings. The molecule has 8 N–H and O–H groups in total. The van der Waals surface area contributed by atoms with Crippen molar-refractivity contribution < 1.29 is 77.6 Å². The summed E-state index contributed by atoms with van der Waals surface area (Å²) in [5.41, 5.74) is 8.85. The zero-order valence-corrected chi connectivity index (χ0v) is 50.1. The maximum Gasteiger partial charge on any atom is 0.407 e. The minimum Gasteiger partial charge on any atom is -0.459 e. The van der Waals surface area contributed by atoms with Gasteiger partial charge in [-0.2, -0.15) is 0 Å². The summed E-state index contributed by atoms with van der Waals surface area (Å²) in [5, 5.41) is 51.7. The third kappa shape index (κ3) is 20.4. The number of carbonyl (C=O) groups is 6. The van der Waals surface area contributed by atoms with Gasteiger partial charge in [0, 0.05) is 94.9 Å². The van der Waals surface area contributed by atoms with E-state index in [1.807, 2.05) is 44.2 Å². The number of nitrogens with one attached hydrogen (secondary N) is 2. The summed E-state index contributed by atoms with van der Waals surface area (Å²) in [5.74, 6) is -7.99. The van der Waals surface area contributed by atoms with E-state index in [0.29, 0.717) is 63.7 Å². The van der Waals surface area contributed by atoms with Crippen LogP contribution in [0.4, 0.5) is 4.79 Å². The van der Waals surface area contributed by atoms with Gasteiger partial charge in [0.2, 0.25) is 11.7 Å². The van der Waals surface area contributed by atoms with E-state index in [-0.39, 0.29) is 81.7 Å². The summed E-state index contributed by atoms with van der Waals surface area (Å²) in [6.45, 7) is 12.9. The summed E-state index contributed by atoms with van der Waals surface area (Å²) in [6.07, 6.45) is 9.76. The minimum atomic E-state index is -2.49. The molecule has 0 unspecified atom stereocenters. The van der Waals surface area contributed by atoms with Crippen molar-refractivity contribution in [2.24, 2.45) is 35.3 Å². The average Bonchev–Trinajstić information content (AvgIpc) is 3.23. The normalized spacial score (nSPS) is 33.8. The van der Waals surface area contributed by atoms with E-state index in [4.69, 9.17) is 34.2 Å². The van der Waals surface area contributed by atoms with Gasteiger partial charge in [-0.15, -0.1) is 0 Å². The standard InChI is InChI=1S/C61H94N6O16/c1-36-15-11-10-12-16-37(2)50(78-8)31-45-20-18-41(6)61(77,83-45)57(73)58(74)67-24-14-13-17-47(67)59(75)81-51(32-48(68)38(3)28-40(5)55(71)56(72)54(70)39(4)27-36)46(62)29-43-19-21-49(52(30-43)79-9)82-60(76)63-23-26-80-25-22-53(69)66-35-44-33-64-42(7)65-34-44/h10-12,15-16,28,33-34,36,38-39,41,43,45-52,55-56,68,71-72,77H,13-14,17-27,29-32,35,62H2,1-9H3,(H,63,76)(H,66,69)/b12-10?,15-11+,37-16?,40-28+/t36-,38-,39-,41-,43+,45+,46-,47+,48-,49-,50+,51+,52-,55-,56+,61-/m1/s1. The van der Waals surface area contributed by atoms with Crippen molar-refractivity contribution in [2.75, 3.05) is 40.5 Å². The number of hydrogen-bond donors (Lipinski definition) is 7. The number of aryl methyl sites for hydroxylation is 1. The van der Waals surface area contributed by atoms with Crippen LogP contribution in [0.2, 0.25) is 0 Å². The lowest BCUT2D eigenvalue weighted by Crippen LogP contribution is -2.61. The second-order valence-corrected chi connectivity index (χ2v) is 23.3. The molecule has 0 radical (unpaired) electrons. The number of nitrogens with two attached hydrogens (primary N) is 1. The number of hydrogen-bond acceptors (Lipinski definition) is 19. The lowest BCUT2D eigenvalue weighted by Gasteiger charge is -2.42. The molecule has 83 heavy (non-hydrogen) atoms. The van der Waals surface area contributed by atoms with Crippen LogP contribution in [-0.4, -0.2) is 178 Å². The Balaban J connectivity index is 1.29. The second kappa shape index (κ2) is 33.4. The molecule has 1 aromatic rings. The first-order valence-electron chi connectivity index (χ1n) is 29.6. The van der Waals surface area contributed by atoms with Gasteiger partial charge in [0.05, 0.1) is 37.6 Å². The van der Waals surface area contributed by atoms with Gasteiger partial charge in [-0.25, -0.2) is 19.6 Å². The van der Waals surface area contributed by atoms with E-state index in [0.717, 1.165) is 16.0 Å². The molecule has 22 heteroatoms. The fourth-order valence-electron chi connectivity index (χ4n) is 11.4. The number of alkyl carbamates (subject to hydrolysis) is 1. The van der Waals surface area contributed by atoms with E-state index in [1.54, 1.807) is 60.2 Å². The number of aliphatic hydroxyl groups excluding tert-OH is 3. The molecular formula is C61H94N6O16. The van der Waals surface area contributed by atoms with E-state index in [2.05, 4.69) is 20.6 Å². The molecule has 16 atom stereocenters. The van der Waals surface area contributed by atoms with Crippen LogP contribution in [-0.2, 0) is 58.9 Å². The first kappa shape index (κ1) is 68.5. The van der Waals surface area contributed by atoms with Gasteiger partial charge in [0.15, 0.2) is 5.78 Å². The van der Waals surface area contributed by atoms with Crippen LogP contribution < -0.4 is 16.4 Å². The molecule has 3 aliphatic heterocycles. The summed E-state index contributed by atoms with van der Waals surface area (Å²) in [4.78, 5) is 91.3. The monoisotopic (exact) mass is 1170 g/mol. The average molecular weight is 1170 g/mol. The van der Waals surface area contributed by atoms with Crippen molar-refractivity contribution in [1.82, 2.24) is 25.5 Å². The third-order valence-electron chi connectivity index (χ3n) is 16.7. The molecule has 22 nitrogen and oxygen atoms in total. The number of rotatable bonds is 14. The highest BCUT2D eigenvalue weighted by atomic mass is 16.6. The van der Waals surface area contributed by atoms with Crippen molar-refractivity contribution >= 4 is 35.4 Å². The molecular weight excluding hydrogens is 1070 g/mol. The number of fused-ring (bicyclic) bond motifs is 3. The Morgan fingerprint density at radius 2 is 1.58 bits per heavy atom. The Kier molecular flexibility index (Phi) is 27.6. The first-order valence-corrected chi connectivity index (χ1v) is 29.6. The molecule has 0 aromatic carbocycles.